The summed E-state index contributed by atoms with van der Waals surface area (Å²) in [6.45, 7) is 5.04. The van der Waals surface area contributed by atoms with Crippen LogP contribution in [-0.4, -0.2) is 22.3 Å². The number of ketones is 2. The van der Waals surface area contributed by atoms with Gasteiger partial charge in [-0.25, -0.2) is 0 Å². The lowest BCUT2D eigenvalue weighted by atomic mass is 10.1. The van der Waals surface area contributed by atoms with Crippen LogP contribution in [0.1, 0.15) is 37.6 Å². The second kappa shape index (κ2) is 8.15. The third-order valence-corrected chi connectivity index (χ3v) is 3.43. The van der Waals surface area contributed by atoms with Crippen LogP contribution < -0.4 is 5.43 Å². The zero-order valence-corrected chi connectivity index (χ0v) is 14.2. The summed E-state index contributed by atoms with van der Waals surface area (Å²) >= 11 is 0. The fourth-order valence-electron chi connectivity index (χ4n) is 2.21. The first-order valence-corrected chi connectivity index (χ1v) is 7.77. The minimum Gasteiger partial charge on any atom is -0.300 e. The average molecular weight is 323 g/mol. The number of nitrogens with zero attached hydrogens (tertiary/aromatic N) is 2. The van der Waals surface area contributed by atoms with E-state index in [1.54, 1.807) is 20.0 Å². The van der Waals surface area contributed by atoms with Crippen LogP contribution in [0, 0.1) is 0 Å². The molecule has 0 amide bonds. The van der Waals surface area contributed by atoms with Crippen molar-refractivity contribution in [2.45, 2.75) is 33.6 Å². The molecular weight excluding hydrogens is 302 g/mol. The van der Waals surface area contributed by atoms with Crippen molar-refractivity contribution in [3.63, 3.8) is 0 Å². The number of hydrazone groups is 1. The van der Waals surface area contributed by atoms with Crippen molar-refractivity contribution in [2.24, 2.45) is 5.10 Å². The number of nitrogens with one attached hydrogen (secondary N) is 1. The molecule has 1 aromatic carbocycles. The Hall–Kier alpha value is -2.82. The molecule has 0 saturated heterocycles. The van der Waals surface area contributed by atoms with E-state index < -0.39 is 0 Å². The van der Waals surface area contributed by atoms with E-state index >= 15 is 0 Å². The lowest BCUT2D eigenvalue weighted by molar-refractivity contribution is -0.117. The molecular formula is C19H21N3O2. The molecule has 0 atom stereocenters. The SMILES string of the molecule is CC(=O)Cc1ccc(/C(C)=N/Nc2ccc(CC(C)=O)nc2)cc1. The quantitative estimate of drug-likeness (QED) is 0.627. The Kier molecular flexibility index (Phi) is 5.95. The molecule has 0 aliphatic carbocycles. The predicted octanol–water partition coefficient (Wildman–Crippen LogP) is 3.18. The van der Waals surface area contributed by atoms with E-state index in [0.29, 0.717) is 12.8 Å². The summed E-state index contributed by atoms with van der Waals surface area (Å²) in [6.07, 6.45) is 2.45. The van der Waals surface area contributed by atoms with Gasteiger partial charge >= 0.3 is 0 Å². The van der Waals surface area contributed by atoms with Crippen LogP contribution in [0.25, 0.3) is 0 Å². The lowest BCUT2D eigenvalue weighted by Gasteiger charge is -2.05. The first kappa shape index (κ1) is 17.5. The van der Waals surface area contributed by atoms with Crippen LogP contribution in [0.4, 0.5) is 5.69 Å². The van der Waals surface area contributed by atoms with Crippen LogP contribution in [0.5, 0.6) is 0 Å². The summed E-state index contributed by atoms with van der Waals surface area (Å²) in [4.78, 5) is 26.4. The Bertz CT molecular complexity index is 747. The Morgan fingerprint density at radius 2 is 1.62 bits per heavy atom. The molecule has 1 aromatic heterocycles. The highest BCUT2D eigenvalue weighted by Gasteiger charge is 2.02. The first-order valence-electron chi connectivity index (χ1n) is 7.77. The summed E-state index contributed by atoms with van der Waals surface area (Å²) in [5.41, 5.74) is 7.27. The van der Waals surface area contributed by atoms with Crippen LogP contribution in [0.15, 0.2) is 47.7 Å². The number of carbonyl (C=O) groups excluding carboxylic acids is 2. The molecule has 5 nitrogen and oxygen atoms in total. The average Bonchev–Trinajstić information content (AvgIpc) is 2.53. The molecule has 2 rings (SSSR count). The van der Waals surface area contributed by atoms with Crippen molar-refractivity contribution in [1.29, 1.82) is 0 Å². The van der Waals surface area contributed by atoms with Gasteiger partial charge in [0.05, 0.1) is 17.6 Å². The van der Waals surface area contributed by atoms with E-state index in [2.05, 4.69) is 15.5 Å². The fourth-order valence-corrected chi connectivity index (χ4v) is 2.21. The second-order valence-electron chi connectivity index (χ2n) is 5.80. The highest BCUT2D eigenvalue weighted by molar-refractivity contribution is 5.99. The third kappa shape index (κ3) is 5.43. The molecule has 0 saturated carbocycles. The lowest BCUT2D eigenvalue weighted by Crippen LogP contribution is -2.02. The number of anilines is 1. The highest BCUT2D eigenvalue weighted by atomic mass is 16.1. The Morgan fingerprint density at radius 3 is 2.17 bits per heavy atom. The molecule has 1 heterocycles. The summed E-state index contributed by atoms with van der Waals surface area (Å²) in [5.74, 6) is 0.237. The zero-order valence-electron chi connectivity index (χ0n) is 14.2. The Morgan fingerprint density at radius 1 is 0.958 bits per heavy atom. The number of aromatic nitrogens is 1. The molecule has 0 aliphatic heterocycles. The van der Waals surface area contributed by atoms with E-state index in [-0.39, 0.29) is 11.6 Å². The van der Waals surface area contributed by atoms with Crippen molar-refractivity contribution in [2.75, 3.05) is 5.43 Å². The van der Waals surface area contributed by atoms with Gasteiger partial charge in [0, 0.05) is 18.5 Å². The van der Waals surface area contributed by atoms with Gasteiger partial charge in [0.15, 0.2) is 0 Å². The maximum absolute atomic E-state index is 11.1. The number of hydrogen-bond acceptors (Lipinski definition) is 5. The number of carbonyl (C=O) groups is 2. The molecule has 0 unspecified atom stereocenters. The Balaban J connectivity index is 2.00. The van der Waals surface area contributed by atoms with Gasteiger partial charge in [-0.15, -0.1) is 0 Å². The van der Waals surface area contributed by atoms with Crippen LogP contribution in [0.2, 0.25) is 0 Å². The molecule has 124 valence electrons. The van der Waals surface area contributed by atoms with E-state index in [1.165, 1.54) is 0 Å². The minimum atomic E-state index is 0.0882. The van der Waals surface area contributed by atoms with Gasteiger partial charge in [0.25, 0.3) is 0 Å². The van der Waals surface area contributed by atoms with Crippen molar-refractivity contribution in [3.05, 3.63) is 59.4 Å². The van der Waals surface area contributed by atoms with Gasteiger partial charge in [0.1, 0.15) is 11.6 Å². The molecule has 0 aliphatic rings. The largest absolute Gasteiger partial charge is 0.300 e. The minimum absolute atomic E-state index is 0.0882. The molecule has 0 bridgehead atoms. The van der Waals surface area contributed by atoms with Gasteiger partial charge in [0.2, 0.25) is 0 Å². The number of Topliss-reactive ketones (excluding diaryl/α,β-unsaturated/α-hetero) is 2. The molecule has 2 aromatic rings. The van der Waals surface area contributed by atoms with Gasteiger partial charge < -0.3 is 0 Å². The van der Waals surface area contributed by atoms with E-state index in [0.717, 1.165) is 28.2 Å². The van der Waals surface area contributed by atoms with Crippen molar-refractivity contribution >= 4 is 23.0 Å². The molecule has 1 N–H and O–H groups in total. The van der Waals surface area contributed by atoms with Crippen molar-refractivity contribution in [1.82, 2.24) is 4.98 Å². The molecule has 5 heteroatoms. The van der Waals surface area contributed by atoms with Gasteiger partial charge in [-0.3, -0.25) is 20.0 Å². The number of pyridine rings is 1. The van der Waals surface area contributed by atoms with Crippen molar-refractivity contribution < 1.29 is 9.59 Å². The number of benzene rings is 1. The summed E-state index contributed by atoms with van der Waals surface area (Å²) in [7, 11) is 0. The van der Waals surface area contributed by atoms with Crippen LogP contribution in [0.3, 0.4) is 0 Å². The number of hydrogen-bond donors (Lipinski definition) is 1. The fraction of sp³-hybridized carbons (Fsp3) is 0.263. The molecule has 0 spiro atoms. The summed E-state index contributed by atoms with van der Waals surface area (Å²) < 4.78 is 0. The van der Waals surface area contributed by atoms with Gasteiger partial charge in [-0.1, -0.05) is 24.3 Å². The van der Waals surface area contributed by atoms with E-state index in [1.807, 2.05) is 43.3 Å². The normalized spacial score (nSPS) is 11.2. The van der Waals surface area contributed by atoms with Crippen molar-refractivity contribution in [3.8, 4) is 0 Å². The molecule has 0 radical (unpaired) electrons. The summed E-state index contributed by atoms with van der Waals surface area (Å²) in [6, 6.07) is 11.4. The standard InChI is InChI=1S/C19H21N3O2/c1-13(23)10-16-4-6-17(7-5-16)15(3)21-22-19-9-8-18(20-12-19)11-14(2)24/h4-9,12,22H,10-11H2,1-3H3/b21-15+. The monoisotopic (exact) mass is 323 g/mol. The van der Waals surface area contributed by atoms with Crippen LogP contribution in [-0.2, 0) is 22.4 Å². The maximum Gasteiger partial charge on any atom is 0.135 e. The molecule has 0 fully saturated rings. The highest BCUT2D eigenvalue weighted by Crippen LogP contribution is 2.10. The third-order valence-electron chi connectivity index (χ3n) is 3.43. The predicted molar refractivity (Wildman–Crippen MR) is 95.3 cm³/mol. The second-order valence-corrected chi connectivity index (χ2v) is 5.80. The van der Waals surface area contributed by atoms with Gasteiger partial charge in [-0.2, -0.15) is 5.10 Å². The summed E-state index contributed by atoms with van der Waals surface area (Å²) in [5, 5.41) is 4.34. The topological polar surface area (TPSA) is 71.4 Å². The van der Waals surface area contributed by atoms with E-state index in [4.69, 9.17) is 0 Å². The Labute approximate surface area is 141 Å². The molecule has 24 heavy (non-hydrogen) atoms. The smallest absolute Gasteiger partial charge is 0.135 e. The zero-order chi connectivity index (χ0) is 17.5. The van der Waals surface area contributed by atoms with Crippen LogP contribution >= 0.6 is 0 Å². The first-order chi connectivity index (χ1) is 11.4. The van der Waals surface area contributed by atoms with E-state index in [9.17, 15) is 9.59 Å². The number of rotatable bonds is 7. The van der Waals surface area contributed by atoms with Gasteiger partial charge in [-0.05, 0) is 44.0 Å². The maximum atomic E-state index is 11.1.